The van der Waals surface area contributed by atoms with Gasteiger partial charge in [-0.05, 0) is 13.8 Å². The number of ether oxygens (including phenoxy) is 1. The number of nitrogens with zero attached hydrogens (tertiary/aromatic N) is 4. The summed E-state index contributed by atoms with van der Waals surface area (Å²) in [6, 6.07) is 0. The molecule has 2 rings (SSSR count). The molecule has 8 heteroatoms. The number of anilines is 1. The van der Waals surface area contributed by atoms with E-state index in [0.717, 1.165) is 23.4 Å². The standard InChI is InChI=1S/C11H18N6O2/c1-3-17-10-9(7(2)15-17)14-11(13)16(10)4-5-19-6-8(12)18/h3-6H2,1-2H3,(H2,12,18)(H2,13,14). The molecule has 104 valence electrons. The monoisotopic (exact) mass is 266 g/mol. The van der Waals surface area contributed by atoms with Crippen molar-refractivity contribution in [3.05, 3.63) is 5.69 Å². The molecule has 8 nitrogen and oxygen atoms in total. The minimum absolute atomic E-state index is 0.0934. The number of aryl methyl sites for hydroxylation is 2. The van der Waals surface area contributed by atoms with Gasteiger partial charge in [0.05, 0.1) is 18.8 Å². The summed E-state index contributed by atoms with van der Waals surface area (Å²) in [5.41, 5.74) is 13.4. The van der Waals surface area contributed by atoms with E-state index >= 15 is 0 Å². The number of hydrogen-bond acceptors (Lipinski definition) is 5. The molecule has 0 fully saturated rings. The summed E-state index contributed by atoms with van der Waals surface area (Å²) in [4.78, 5) is 14.9. The first-order valence-corrected chi connectivity index (χ1v) is 6.09. The normalized spacial score (nSPS) is 11.3. The third-order valence-corrected chi connectivity index (χ3v) is 2.83. The quantitative estimate of drug-likeness (QED) is 0.693. The lowest BCUT2D eigenvalue weighted by molar-refractivity contribution is -0.122. The van der Waals surface area contributed by atoms with Crippen LogP contribution in [0.1, 0.15) is 12.6 Å². The van der Waals surface area contributed by atoms with Crippen molar-refractivity contribution in [3.63, 3.8) is 0 Å². The minimum atomic E-state index is -0.488. The Morgan fingerprint density at radius 2 is 2.21 bits per heavy atom. The molecule has 1 amide bonds. The fourth-order valence-corrected chi connectivity index (χ4v) is 2.01. The van der Waals surface area contributed by atoms with Crippen molar-refractivity contribution in [2.45, 2.75) is 26.9 Å². The van der Waals surface area contributed by atoms with E-state index in [9.17, 15) is 4.79 Å². The molecule has 0 radical (unpaired) electrons. The van der Waals surface area contributed by atoms with Gasteiger partial charge in [0.25, 0.3) is 0 Å². The minimum Gasteiger partial charge on any atom is -0.370 e. The molecule has 4 N–H and O–H groups in total. The second kappa shape index (κ2) is 5.27. The van der Waals surface area contributed by atoms with E-state index in [2.05, 4.69) is 10.1 Å². The Hall–Kier alpha value is -2.09. The average Bonchev–Trinajstić information content (AvgIpc) is 2.83. The van der Waals surface area contributed by atoms with Crippen molar-refractivity contribution in [2.24, 2.45) is 5.73 Å². The van der Waals surface area contributed by atoms with E-state index < -0.39 is 5.91 Å². The molecule has 0 atom stereocenters. The lowest BCUT2D eigenvalue weighted by Gasteiger charge is -2.07. The largest absolute Gasteiger partial charge is 0.370 e. The zero-order valence-corrected chi connectivity index (χ0v) is 11.1. The molecule has 0 aromatic carbocycles. The number of nitrogens with two attached hydrogens (primary N) is 2. The molecule has 0 saturated carbocycles. The van der Waals surface area contributed by atoms with Gasteiger partial charge in [0.15, 0.2) is 5.65 Å². The summed E-state index contributed by atoms with van der Waals surface area (Å²) in [6.07, 6.45) is 0. The molecule has 2 aromatic heterocycles. The molecule has 0 aliphatic heterocycles. The van der Waals surface area contributed by atoms with Gasteiger partial charge in [-0.2, -0.15) is 5.10 Å². The Morgan fingerprint density at radius 1 is 1.47 bits per heavy atom. The highest BCUT2D eigenvalue weighted by Crippen LogP contribution is 2.20. The van der Waals surface area contributed by atoms with Crippen LogP contribution in [0.4, 0.5) is 5.95 Å². The van der Waals surface area contributed by atoms with E-state index in [1.54, 1.807) is 0 Å². The highest BCUT2D eigenvalue weighted by Gasteiger charge is 2.16. The molecule has 0 saturated heterocycles. The maximum absolute atomic E-state index is 10.6. The molecule has 0 spiro atoms. The average molecular weight is 266 g/mol. The van der Waals surface area contributed by atoms with Crippen molar-refractivity contribution >= 4 is 23.0 Å². The van der Waals surface area contributed by atoms with Crippen molar-refractivity contribution in [1.82, 2.24) is 19.3 Å². The number of carbonyl (C=O) groups is 1. The predicted octanol–water partition coefficient (Wildman–Crippen LogP) is -0.355. The van der Waals surface area contributed by atoms with Gasteiger partial charge in [-0.3, -0.25) is 9.36 Å². The number of fused-ring (bicyclic) bond motifs is 1. The fourth-order valence-electron chi connectivity index (χ4n) is 2.01. The molecule has 19 heavy (non-hydrogen) atoms. The van der Waals surface area contributed by atoms with Crippen LogP contribution in [0.2, 0.25) is 0 Å². The van der Waals surface area contributed by atoms with Crippen LogP contribution in [-0.4, -0.2) is 38.5 Å². The lowest BCUT2D eigenvalue weighted by Crippen LogP contribution is -2.20. The Bertz CT molecular complexity index is 600. The third kappa shape index (κ3) is 2.53. The lowest BCUT2D eigenvalue weighted by atomic mass is 10.4. The van der Waals surface area contributed by atoms with Crippen LogP contribution in [0.15, 0.2) is 0 Å². The van der Waals surface area contributed by atoms with Gasteiger partial charge in [0.2, 0.25) is 11.9 Å². The van der Waals surface area contributed by atoms with Gasteiger partial charge in [0, 0.05) is 6.54 Å². The number of nitrogen functional groups attached to an aromatic ring is 1. The molecule has 2 aromatic rings. The highest BCUT2D eigenvalue weighted by atomic mass is 16.5. The number of amides is 1. The van der Waals surface area contributed by atoms with Crippen LogP contribution in [0, 0.1) is 6.92 Å². The van der Waals surface area contributed by atoms with Crippen LogP contribution < -0.4 is 11.5 Å². The van der Waals surface area contributed by atoms with E-state index in [-0.39, 0.29) is 6.61 Å². The van der Waals surface area contributed by atoms with Crippen molar-refractivity contribution in [1.29, 1.82) is 0 Å². The van der Waals surface area contributed by atoms with Crippen LogP contribution in [0.3, 0.4) is 0 Å². The molecule has 0 aliphatic carbocycles. The number of aromatic nitrogens is 4. The van der Waals surface area contributed by atoms with Crippen LogP contribution in [0.25, 0.3) is 11.2 Å². The van der Waals surface area contributed by atoms with Gasteiger partial charge in [-0.15, -0.1) is 0 Å². The first kappa shape index (κ1) is 13.3. The van der Waals surface area contributed by atoms with Crippen molar-refractivity contribution < 1.29 is 9.53 Å². The molecular weight excluding hydrogens is 248 g/mol. The molecule has 2 heterocycles. The summed E-state index contributed by atoms with van der Waals surface area (Å²) < 4.78 is 8.83. The Balaban J connectivity index is 2.21. The first-order valence-electron chi connectivity index (χ1n) is 6.09. The summed E-state index contributed by atoms with van der Waals surface area (Å²) in [7, 11) is 0. The summed E-state index contributed by atoms with van der Waals surface area (Å²) >= 11 is 0. The third-order valence-electron chi connectivity index (χ3n) is 2.83. The Morgan fingerprint density at radius 3 is 2.84 bits per heavy atom. The second-order valence-electron chi connectivity index (χ2n) is 4.21. The van der Waals surface area contributed by atoms with E-state index in [0.29, 0.717) is 19.1 Å². The summed E-state index contributed by atoms with van der Waals surface area (Å²) in [5.74, 6) is -0.0708. The Labute approximate surface area is 110 Å². The van der Waals surface area contributed by atoms with Crippen molar-refractivity contribution in [3.8, 4) is 0 Å². The zero-order valence-electron chi connectivity index (χ0n) is 11.1. The smallest absolute Gasteiger partial charge is 0.243 e. The SMILES string of the molecule is CCn1nc(C)c2nc(N)n(CCOCC(N)=O)c21. The van der Waals surface area contributed by atoms with Gasteiger partial charge < -0.3 is 16.2 Å². The van der Waals surface area contributed by atoms with E-state index in [1.165, 1.54) is 0 Å². The van der Waals surface area contributed by atoms with E-state index in [4.69, 9.17) is 16.2 Å². The highest BCUT2D eigenvalue weighted by molar-refractivity contribution is 5.77. The fraction of sp³-hybridized carbons (Fsp3) is 0.545. The number of primary amides is 1. The van der Waals surface area contributed by atoms with Gasteiger partial charge in [-0.1, -0.05) is 0 Å². The van der Waals surface area contributed by atoms with E-state index in [1.807, 2.05) is 23.1 Å². The van der Waals surface area contributed by atoms with Crippen LogP contribution in [0.5, 0.6) is 0 Å². The first-order chi connectivity index (χ1) is 9.04. The van der Waals surface area contributed by atoms with Gasteiger partial charge in [0.1, 0.15) is 12.1 Å². The van der Waals surface area contributed by atoms with Gasteiger partial charge >= 0.3 is 0 Å². The number of carbonyl (C=O) groups excluding carboxylic acids is 1. The van der Waals surface area contributed by atoms with Crippen molar-refractivity contribution in [2.75, 3.05) is 18.9 Å². The predicted molar refractivity (Wildman–Crippen MR) is 70.4 cm³/mol. The number of rotatable bonds is 6. The van der Waals surface area contributed by atoms with Crippen LogP contribution >= 0.6 is 0 Å². The molecule has 0 unspecified atom stereocenters. The Kier molecular flexibility index (Phi) is 3.70. The van der Waals surface area contributed by atoms with Gasteiger partial charge in [-0.25, -0.2) is 9.67 Å². The summed E-state index contributed by atoms with van der Waals surface area (Å²) in [5, 5.41) is 4.39. The number of imidazole rings is 1. The zero-order chi connectivity index (χ0) is 14.0. The molecular formula is C11H18N6O2. The van der Waals surface area contributed by atoms with Crippen LogP contribution in [-0.2, 0) is 22.6 Å². The molecule has 0 bridgehead atoms. The maximum atomic E-state index is 10.6. The topological polar surface area (TPSA) is 114 Å². The number of hydrogen-bond donors (Lipinski definition) is 2. The second-order valence-corrected chi connectivity index (χ2v) is 4.21. The maximum Gasteiger partial charge on any atom is 0.243 e. The molecule has 0 aliphatic rings. The summed E-state index contributed by atoms with van der Waals surface area (Å²) in [6.45, 7) is 5.38.